The molecule has 1 aliphatic heterocycles. The highest BCUT2D eigenvalue weighted by Crippen LogP contribution is 2.56. The lowest BCUT2D eigenvalue weighted by Crippen LogP contribution is -2.59. The summed E-state index contributed by atoms with van der Waals surface area (Å²) in [5.74, 6) is -1.37. The van der Waals surface area contributed by atoms with Crippen LogP contribution < -0.4 is 0 Å². The lowest BCUT2D eigenvalue weighted by Gasteiger charge is -2.51. The van der Waals surface area contributed by atoms with Gasteiger partial charge in [-0.25, -0.2) is 4.39 Å². The van der Waals surface area contributed by atoms with Crippen molar-refractivity contribution in [2.24, 2.45) is 0 Å². The predicted molar refractivity (Wildman–Crippen MR) is 85.5 cm³/mol. The van der Waals surface area contributed by atoms with E-state index in [2.05, 4.69) is 4.98 Å². The van der Waals surface area contributed by atoms with Gasteiger partial charge in [-0.3, -0.25) is 9.78 Å². The Hall–Kier alpha value is -1.82. The highest BCUT2D eigenvalue weighted by atomic mass is 35.5. The topological polar surface area (TPSA) is 48.4 Å². The third-order valence-corrected chi connectivity index (χ3v) is 5.05. The zero-order valence-corrected chi connectivity index (χ0v) is 13.6. The molecular weight excluding hydrogens is 333 g/mol. The lowest BCUT2D eigenvalue weighted by atomic mass is 9.57. The minimum absolute atomic E-state index is 0.00472. The number of hydrogen-bond donors (Lipinski definition) is 0. The SMILES string of the molecule is O=C(c1ccccn1)C1(c2ccc(F)c(Cl)c2)CC2(C1)OCCO2. The molecule has 0 radical (unpaired) electrons. The Balaban J connectivity index is 1.76. The van der Waals surface area contributed by atoms with E-state index in [9.17, 15) is 9.18 Å². The van der Waals surface area contributed by atoms with Gasteiger partial charge in [0, 0.05) is 19.0 Å². The molecule has 0 atom stereocenters. The first-order valence-electron chi connectivity index (χ1n) is 7.74. The molecule has 1 saturated heterocycles. The average Bonchev–Trinajstić information content (AvgIpc) is 3.05. The van der Waals surface area contributed by atoms with Gasteiger partial charge in [0.2, 0.25) is 0 Å². The number of carbonyl (C=O) groups is 1. The minimum Gasteiger partial charge on any atom is -0.347 e. The van der Waals surface area contributed by atoms with Gasteiger partial charge in [0.1, 0.15) is 11.5 Å². The molecular formula is C18H15ClFNO3. The molecule has 4 nitrogen and oxygen atoms in total. The van der Waals surface area contributed by atoms with Gasteiger partial charge in [0.05, 0.1) is 23.7 Å². The van der Waals surface area contributed by atoms with Crippen molar-refractivity contribution in [1.29, 1.82) is 0 Å². The predicted octanol–water partition coefficient (Wildman–Crippen LogP) is 3.53. The van der Waals surface area contributed by atoms with E-state index >= 15 is 0 Å². The van der Waals surface area contributed by atoms with Crippen molar-refractivity contribution in [2.45, 2.75) is 24.0 Å². The van der Waals surface area contributed by atoms with Crippen molar-refractivity contribution in [3.63, 3.8) is 0 Å². The Kier molecular flexibility index (Phi) is 3.67. The molecule has 2 fully saturated rings. The van der Waals surface area contributed by atoms with Crippen molar-refractivity contribution in [2.75, 3.05) is 13.2 Å². The first-order chi connectivity index (χ1) is 11.5. The summed E-state index contributed by atoms with van der Waals surface area (Å²) >= 11 is 5.94. The summed E-state index contributed by atoms with van der Waals surface area (Å²) in [4.78, 5) is 17.3. The fourth-order valence-electron chi connectivity index (χ4n) is 3.60. The number of carbonyl (C=O) groups excluding carboxylic acids is 1. The average molecular weight is 348 g/mol. The van der Waals surface area contributed by atoms with Crippen molar-refractivity contribution < 1.29 is 18.7 Å². The zero-order valence-electron chi connectivity index (χ0n) is 12.8. The van der Waals surface area contributed by atoms with Crippen molar-refractivity contribution in [3.8, 4) is 0 Å². The van der Waals surface area contributed by atoms with Gasteiger partial charge in [0.15, 0.2) is 11.6 Å². The fourth-order valence-corrected chi connectivity index (χ4v) is 3.78. The second kappa shape index (κ2) is 5.62. The largest absolute Gasteiger partial charge is 0.347 e. The standard InChI is InChI=1S/C18H15ClFNO3/c19-13-9-12(4-5-14(13)20)17(10-18(11-17)23-7-8-24-18)16(22)15-3-1-2-6-21-15/h1-6,9H,7-8,10-11H2. The number of halogens is 2. The van der Waals surface area contributed by atoms with E-state index < -0.39 is 17.0 Å². The molecule has 1 spiro atoms. The van der Waals surface area contributed by atoms with E-state index in [1.807, 2.05) is 0 Å². The Bertz CT molecular complexity index is 782. The molecule has 0 bridgehead atoms. The highest BCUT2D eigenvalue weighted by molar-refractivity contribution is 6.30. The second-order valence-corrected chi connectivity index (χ2v) is 6.62. The smallest absolute Gasteiger partial charge is 0.192 e. The van der Waals surface area contributed by atoms with Gasteiger partial charge in [0.25, 0.3) is 0 Å². The summed E-state index contributed by atoms with van der Waals surface area (Å²) in [6.45, 7) is 1.02. The van der Waals surface area contributed by atoms with E-state index in [1.54, 1.807) is 30.5 Å². The maximum atomic E-state index is 13.5. The summed E-state index contributed by atoms with van der Waals surface area (Å²) in [6.07, 6.45) is 2.32. The van der Waals surface area contributed by atoms with Crippen molar-refractivity contribution in [3.05, 3.63) is 64.7 Å². The first-order valence-corrected chi connectivity index (χ1v) is 8.12. The van der Waals surface area contributed by atoms with Crippen LogP contribution in [0.5, 0.6) is 0 Å². The number of aromatic nitrogens is 1. The number of pyridine rings is 1. The summed E-state index contributed by atoms with van der Waals surface area (Å²) in [6, 6.07) is 9.60. The number of Topliss-reactive ketones (excluding diaryl/α,β-unsaturated/α-hetero) is 1. The number of rotatable bonds is 3. The van der Waals surface area contributed by atoms with E-state index in [1.165, 1.54) is 12.1 Å². The molecule has 0 unspecified atom stereocenters. The van der Waals surface area contributed by atoms with Crippen LogP contribution >= 0.6 is 11.6 Å². The summed E-state index contributed by atoms with van der Waals surface area (Å²) in [5.41, 5.74) is 0.163. The molecule has 124 valence electrons. The van der Waals surface area contributed by atoms with Crippen LogP contribution in [-0.2, 0) is 14.9 Å². The molecule has 1 saturated carbocycles. The van der Waals surface area contributed by atoms with Gasteiger partial charge < -0.3 is 9.47 Å². The number of nitrogens with zero attached hydrogens (tertiary/aromatic N) is 1. The van der Waals surface area contributed by atoms with E-state index in [-0.39, 0.29) is 10.8 Å². The van der Waals surface area contributed by atoms with Crippen LogP contribution in [0.15, 0.2) is 42.6 Å². The normalized spacial score (nSPS) is 20.8. The summed E-state index contributed by atoms with van der Waals surface area (Å²) in [5, 5.41) is -0.00472. The number of ether oxygens (including phenoxy) is 2. The van der Waals surface area contributed by atoms with Crippen molar-refractivity contribution in [1.82, 2.24) is 4.98 Å². The molecule has 4 rings (SSSR count). The number of hydrogen-bond acceptors (Lipinski definition) is 4. The molecule has 24 heavy (non-hydrogen) atoms. The molecule has 0 N–H and O–H groups in total. The quantitative estimate of drug-likeness (QED) is 0.797. The fraction of sp³-hybridized carbons (Fsp3) is 0.333. The van der Waals surface area contributed by atoms with Gasteiger partial charge in [-0.05, 0) is 29.8 Å². The molecule has 1 aromatic heterocycles. The Labute approximate surface area is 143 Å². The molecule has 0 amide bonds. The van der Waals surface area contributed by atoms with Gasteiger partial charge >= 0.3 is 0 Å². The molecule has 1 aliphatic carbocycles. The van der Waals surface area contributed by atoms with Gasteiger partial charge in [-0.2, -0.15) is 0 Å². The maximum Gasteiger partial charge on any atom is 0.192 e. The van der Waals surface area contributed by atoms with Crippen molar-refractivity contribution >= 4 is 17.4 Å². The molecule has 2 aromatic rings. The summed E-state index contributed by atoms with van der Waals surface area (Å²) in [7, 11) is 0. The molecule has 6 heteroatoms. The molecule has 2 aliphatic rings. The monoisotopic (exact) mass is 347 g/mol. The van der Waals surface area contributed by atoms with Gasteiger partial charge in [-0.15, -0.1) is 0 Å². The van der Waals surface area contributed by atoms with Crippen LogP contribution in [0, 0.1) is 5.82 Å². The van der Waals surface area contributed by atoms with E-state index in [0.717, 1.165) is 0 Å². The lowest BCUT2D eigenvalue weighted by molar-refractivity contribution is -0.230. The second-order valence-electron chi connectivity index (χ2n) is 6.22. The van der Waals surface area contributed by atoms with E-state index in [4.69, 9.17) is 21.1 Å². The summed E-state index contributed by atoms with van der Waals surface area (Å²) < 4.78 is 24.9. The molecule has 1 aromatic carbocycles. The first kappa shape index (κ1) is 15.7. The zero-order chi connectivity index (χ0) is 16.8. The Morgan fingerprint density at radius 2 is 1.92 bits per heavy atom. The van der Waals surface area contributed by atoms with Gasteiger partial charge in [-0.1, -0.05) is 23.7 Å². The highest BCUT2D eigenvalue weighted by Gasteiger charge is 2.63. The van der Waals surface area contributed by atoms with Crippen LogP contribution in [-0.4, -0.2) is 29.8 Å². The van der Waals surface area contributed by atoms with Crippen LogP contribution in [0.25, 0.3) is 0 Å². The maximum absolute atomic E-state index is 13.5. The number of benzene rings is 1. The van der Waals surface area contributed by atoms with Crippen LogP contribution in [0.4, 0.5) is 4.39 Å². The third kappa shape index (κ3) is 2.35. The molecule has 2 heterocycles. The third-order valence-electron chi connectivity index (χ3n) is 4.76. The van der Waals surface area contributed by atoms with Crippen LogP contribution in [0.2, 0.25) is 5.02 Å². The van der Waals surface area contributed by atoms with E-state index in [0.29, 0.717) is 37.3 Å². The van der Waals surface area contributed by atoms with Crippen LogP contribution in [0.1, 0.15) is 28.9 Å². The minimum atomic E-state index is -0.865. The Morgan fingerprint density at radius 1 is 1.17 bits per heavy atom. The van der Waals surface area contributed by atoms with Crippen LogP contribution in [0.3, 0.4) is 0 Å². The Morgan fingerprint density at radius 3 is 2.54 bits per heavy atom. The number of ketones is 1.